The van der Waals surface area contributed by atoms with Crippen molar-refractivity contribution in [2.24, 2.45) is 0 Å². The number of methoxy groups -OCH3 is 1. The molecule has 0 aliphatic rings. The summed E-state index contributed by atoms with van der Waals surface area (Å²) in [5.74, 6) is -0.116. The number of nitrogens with zero attached hydrogens (tertiary/aromatic N) is 2. The number of aromatic nitrogens is 2. The molecule has 1 amide bonds. The van der Waals surface area contributed by atoms with Crippen molar-refractivity contribution in [2.75, 3.05) is 20.3 Å². The van der Waals surface area contributed by atoms with Crippen LogP contribution in [0.2, 0.25) is 0 Å². The van der Waals surface area contributed by atoms with Crippen LogP contribution in [0.25, 0.3) is 0 Å². The molecule has 2 rings (SSSR count). The highest BCUT2D eigenvalue weighted by Gasteiger charge is 2.18. The molecule has 0 saturated carbocycles. The molecule has 0 fully saturated rings. The fourth-order valence-corrected chi connectivity index (χ4v) is 2.87. The fraction of sp³-hybridized carbons (Fsp3) is 0.429. The van der Waals surface area contributed by atoms with Gasteiger partial charge in [0.2, 0.25) is 5.91 Å². The second-order valence-electron chi connectivity index (χ2n) is 4.68. The monoisotopic (exact) mass is 293 g/mol. The number of ether oxygens (including phenoxy) is 1. The van der Waals surface area contributed by atoms with Gasteiger partial charge in [-0.3, -0.25) is 9.48 Å². The van der Waals surface area contributed by atoms with E-state index >= 15 is 0 Å². The Hall–Kier alpha value is -1.66. The van der Waals surface area contributed by atoms with E-state index < -0.39 is 0 Å². The van der Waals surface area contributed by atoms with E-state index in [4.69, 9.17) is 4.74 Å². The Morgan fingerprint density at radius 3 is 2.90 bits per heavy atom. The quantitative estimate of drug-likeness (QED) is 0.885. The van der Waals surface area contributed by atoms with E-state index in [-0.39, 0.29) is 18.6 Å². The first-order valence-corrected chi connectivity index (χ1v) is 7.36. The number of rotatable bonds is 6. The maximum absolute atomic E-state index is 11.6. The molecule has 0 radical (unpaired) electrons. The van der Waals surface area contributed by atoms with E-state index in [1.807, 2.05) is 30.0 Å². The molecular formula is C14H19N3O2S. The fourth-order valence-electron chi connectivity index (χ4n) is 2.16. The summed E-state index contributed by atoms with van der Waals surface area (Å²) in [6, 6.07) is 4.11. The van der Waals surface area contributed by atoms with Gasteiger partial charge in [0.15, 0.2) is 0 Å². The van der Waals surface area contributed by atoms with Gasteiger partial charge in [0.05, 0.1) is 11.7 Å². The van der Waals surface area contributed by atoms with Crippen LogP contribution >= 0.6 is 11.3 Å². The average molecular weight is 293 g/mol. The Morgan fingerprint density at radius 1 is 1.55 bits per heavy atom. The summed E-state index contributed by atoms with van der Waals surface area (Å²) in [5, 5.41) is 11.5. The summed E-state index contributed by atoms with van der Waals surface area (Å²) in [6.45, 7) is 4.57. The van der Waals surface area contributed by atoms with Crippen molar-refractivity contribution < 1.29 is 9.53 Å². The maximum Gasteiger partial charge on any atom is 0.246 e. The Bertz CT molecular complexity index is 563. The van der Waals surface area contributed by atoms with E-state index in [0.717, 1.165) is 17.0 Å². The number of hydrogen-bond acceptors (Lipinski definition) is 4. The van der Waals surface area contributed by atoms with Crippen LogP contribution in [0.1, 0.15) is 23.0 Å². The summed E-state index contributed by atoms with van der Waals surface area (Å²) in [4.78, 5) is 11.6. The summed E-state index contributed by atoms with van der Waals surface area (Å²) < 4.78 is 6.79. The van der Waals surface area contributed by atoms with E-state index in [2.05, 4.69) is 21.9 Å². The third kappa shape index (κ3) is 3.46. The van der Waals surface area contributed by atoms with Crippen LogP contribution in [0.3, 0.4) is 0 Å². The third-order valence-electron chi connectivity index (χ3n) is 3.04. The standard InChI is InChI=1S/C14H19N3O2S/c1-10-6-11(2)17(16-10)13(12-4-5-20-9-12)7-15-14(18)8-19-3/h4-6,9,13H,7-8H2,1-3H3,(H,15,18). The zero-order valence-corrected chi connectivity index (χ0v) is 12.7. The minimum atomic E-state index is -0.116. The predicted octanol–water partition coefficient (Wildman–Crippen LogP) is 1.91. The van der Waals surface area contributed by atoms with Crippen LogP contribution in [0.4, 0.5) is 0 Å². The van der Waals surface area contributed by atoms with Gasteiger partial charge in [-0.15, -0.1) is 0 Å². The molecular weight excluding hydrogens is 274 g/mol. The lowest BCUT2D eigenvalue weighted by molar-refractivity contribution is -0.124. The number of nitrogens with one attached hydrogen (secondary N) is 1. The van der Waals surface area contributed by atoms with Gasteiger partial charge in [0, 0.05) is 19.3 Å². The van der Waals surface area contributed by atoms with Gasteiger partial charge in [-0.1, -0.05) is 0 Å². The second kappa shape index (κ2) is 6.67. The molecule has 0 saturated heterocycles. The van der Waals surface area contributed by atoms with E-state index in [1.54, 1.807) is 11.3 Å². The lowest BCUT2D eigenvalue weighted by Crippen LogP contribution is -2.34. The first-order valence-electron chi connectivity index (χ1n) is 6.42. The van der Waals surface area contributed by atoms with Gasteiger partial charge in [-0.2, -0.15) is 16.4 Å². The molecule has 2 aromatic rings. The normalized spacial score (nSPS) is 12.3. The number of hydrogen-bond donors (Lipinski definition) is 1. The largest absolute Gasteiger partial charge is 0.375 e. The average Bonchev–Trinajstić information content (AvgIpc) is 3.01. The van der Waals surface area contributed by atoms with Crippen LogP contribution in [0.5, 0.6) is 0 Å². The molecule has 6 heteroatoms. The lowest BCUT2D eigenvalue weighted by atomic mass is 10.1. The van der Waals surface area contributed by atoms with Crippen molar-refractivity contribution >= 4 is 17.2 Å². The van der Waals surface area contributed by atoms with Crippen molar-refractivity contribution in [1.29, 1.82) is 0 Å². The highest BCUT2D eigenvalue weighted by molar-refractivity contribution is 7.07. The highest BCUT2D eigenvalue weighted by Crippen LogP contribution is 2.22. The first kappa shape index (κ1) is 14.7. The molecule has 0 aliphatic heterocycles. The van der Waals surface area contributed by atoms with Gasteiger partial charge in [0.25, 0.3) is 0 Å². The van der Waals surface area contributed by atoms with Gasteiger partial charge in [0.1, 0.15) is 6.61 Å². The Kier molecular flexibility index (Phi) is 4.92. The molecule has 0 aromatic carbocycles. The summed E-state index contributed by atoms with van der Waals surface area (Å²) in [6.07, 6.45) is 0. The summed E-state index contributed by atoms with van der Waals surface area (Å²) in [5.41, 5.74) is 3.21. The van der Waals surface area contributed by atoms with Crippen molar-refractivity contribution in [3.05, 3.63) is 39.8 Å². The highest BCUT2D eigenvalue weighted by atomic mass is 32.1. The number of amides is 1. The molecule has 1 N–H and O–H groups in total. The van der Waals surface area contributed by atoms with Gasteiger partial charge in [-0.05, 0) is 42.3 Å². The van der Waals surface area contributed by atoms with Crippen LogP contribution in [-0.2, 0) is 9.53 Å². The Balaban J connectivity index is 2.18. The minimum Gasteiger partial charge on any atom is -0.375 e. The zero-order valence-electron chi connectivity index (χ0n) is 11.9. The Labute approximate surface area is 122 Å². The first-order chi connectivity index (χ1) is 9.61. The SMILES string of the molecule is COCC(=O)NCC(c1ccsc1)n1nc(C)cc1C. The maximum atomic E-state index is 11.6. The predicted molar refractivity (Wildman–Crippen MR) is 79.0 cm³/mol. The Morgan fingerprint density at radius 2 is 2.35 bits per heavy atom. The van der Waals surface area contributed by atoms with Gasteiger partial charge < -0.3 is 10.1 Å². The van der Waals surface area contributed by atoms with Crippen molar-refractivity contribution in [3.63, 3.8) is 0 Å². The molecule has 20 heavy (non-hydrogen) atoms. The van der Waals surface area contributed by atoms with Crippen LogP contribution < -0.4 is 5.32 Å². The minimum absolute atomic E-state index is 0.00996. The molecule has 1 unspecified atom stereocenters. The van der Waals surface area contributed by atoms with Gasteiger partial charge in [-0.25, -0.2) is 0 Å². The number of thiophene rings is 1. The van der Waals surface area contributed by atoms with Crippen molar-refractivity contribution in [1.82, 2.24) is 15.1 Å². The molecule has 1 atom stereocenters. The molecule has 0 spiro atoms. The lowest BCUT2D eigenvalue weighted by Gasteiger charge is -2.19. The topological polar surface area (TPSA) is 56.1 Å². The smallest absolute Gasteiger partial charge is 0.246 e. The molecule has 0 aliphatic carbocycles. The number of carbonyl (C=O) groups excluding carboxylic acids is 1. The van der Waals surface area contributed by atoms with Crippen molar-refractivity contribution in [3.8, 4) is 0 Å². The number of carbonyl (C=O) groups is 1. The zero-order chi connectivity index (χ0) is 14.5. The van der Waals surface area contributed by atoms with E-state index in [9.17, 15) is 4.79 Å². The molecule has 5 nitrogen and oxygen atoms in total. The van der Waals surface area contributed by atoms with Gasteiger partial charge >= 0.3 is 0 Å². The van der Waals surface area contributed by atoms with Crippen molar-refractivity contribution in [2.45, 2.75) is 19.9 Å². The van der Waals surface area contributed by atoms with E-state index in [0.29, 0.717) is 6.54 Å². The molecule has 0 bridgehead atoms. The van der Waals surface area contributed by atoms with Crippen LogP contribution in [-0.4, -0.2) is 35.9 Å². The molecule has 2 aromatic heterocycles. The summed E-state index contributed by atoms with van der Waals surface area (Å²) in [7, 11) is 1.51. The van der Waals surface area contributed by atoms with Crippen LogP contribution in [0.15, 0.2) is 22.9 Å². The van der Waals surface area contributed by atoms with E-state index in [1.165, 1.54) is 7.11 Å². The molecule has 108 valence electrons. The van der Waals surface area contributed by atoms with Crippen LogP contribution in [0, 0.1) is 13.8 Å². The third-order valence-corrected chi connectivity index (χ3v) is 3.74. The summed E-state index contributed by atoms with van der Waals surface area (Å²) >= 11 is 1.64. The second-order valence-corrected chi connectivity index (χ2v) is 5.46. The number of aryl methyl sites for hydroxylation is 2. The molecule has 2 heterocycles.